The molecule has 0 fully saturated rings. The van der Waals surface area contributed by atoms with Crippen molar-refractivity contribution in [3.63, 3.8) is 0 Å². The maximum absolute atomic E-state index is 12.9. The van der Waals surface area contributed by atoms with Crippen molar-refractivity contribution in [2.75, 3.05) is 5.32 Å². The van der Waals surface area contributed by atoms with Crippen molar-refractivity contribution in [3.8, 4) is 5.82 Å². The molecular formula is C20H16F3N7O. The van der Waals surface area contributed by atoms with Crippen LogP contribution in [0.3, 0.4) is 0 Å². The Morgan fingerprint density at radius 2 is 1.77 bits per heavy atom. The Balaban J connectivity index is 1.61. The molecule has 8 nitrogen and oxygen atoms in total. The third-order valence-electron chi connectivity index (χ3n) is 5.36. The van der Waals surface area contributed by atoms with Crippen LogP contribution < -0.4 is 5.32 Å². The molecule has 158 valence electrons. The number of aromatic nitrogens is 6. The minimum atomic E-state index is -4.42. The highest BCUT2D eigenvalue weighted by molar-refractivity contribution is 5.95. The third-order valence-corrected chi connectivity index (χ3v) is 5.36. The Morgan fingerprint density at radius 3 is 2.48 bits per heavy atom. The zero-order chi connectivity index (χ0) is 21.9. The van der Waals surface area contributed by atoms with Gasteiger partial charge in [-0.3, -0.25) is 4.79 Å². The molecule has 4 heterocycles. The number of benzene rings is 1. The molecule has 0 bridgehead atoms. The first-order chi connectivity index (χ1) is 14.7. The number of fused-ring (bicyclic) bond motifs is 2. The van der Waals surface area contributed by atoms with Gasteiger partial charge in [-0.05, 0) is 43.7 Å². The first-order valence-corrected chi connectivity index (χ1v) is 9.48. The minimum Gasteiger partial charge on any atom is -0.310 e. The van der Waals surface area contributed by atoms with Crippen LogP contribution in [-0.2, 0) is 11.0 Å². The summed E-state index contributed by atoms with van der Waals surface area (Å²) in [5.74, 6) is 0.839. The minimum absolute atomic E-state index is 0.113. The van der Waals surface area contributed by atoms with E-state index < -0.39 is 17.7 Å². The highest BCUT2D eigenvalue weighted by Gasteiger charge is 2.34. The van der Waals surface area contributed by atoms with E-state index in [2.05, 4.69) is 25.7 Å². The number of anilines is 1. The van der Waals surface area contributed by atoms with Gasteiger partial charge in [-0.25, -0.2) is 0 Å². The SMILES string of the molecule is Cc1nn(-c2ccc3nnc(C)n3n2)c2c1C(c1ccc(C(F)(F)F)cc1)CC(=O)N2. The van der Waals surface area contributed by atoms with Crippen LogP contribution >= 0.6 is 0 Å². The number of hydrogen-bond donors (Lipinski definition) is 1. The molecule has 1 aliphatic rings. The van der Waals surface area contributed by atoms with Gasteiger partial charge in [0.15, 0.2) is 17.3 Å². The van der Waals surface area contributed by atoms with Crippen LogP contribution in [0.1, 0.15) is 40.5 Å². The Bertz CT molecular complexity index is 1320. The lowest BCUT2D eigenvalue weighted by molar-refractivity contribution is -0.137. The van der Waals surface area contributed by atoms with Gasteiger partial charge < -0.3 is 5.32 Å². The Labute approximate surface area is 173 Å². The van der Waals surface area contributed by atoms with Crippen molar-refractivity contribution in [3.05, 3.63) is 64.6 Å². The maximum atomic E-state index is 12.9. The number of aryl methyl sites for hydroxylation is 2. The lowest BCUT2D eigenvalue weighted by Gasteiger charge is -2.24. The van der Waals surface area contributed by atoms with E-state index in [1.54, 1.807) is 30.5 Å². The van der Waals surface area contributed by atoms with Crippen molar-refractivity contribution in [2.45, 2.75) is 32.4 Å². The first kappa shape index (κ1) is 19.2. The van der Waals surface area contributed by atoms with E-state index in [4.69, 9.17) is 0 Å². The smallest absolute Gasteiger partial charge is 0.310 e. The van der Waals surface area contributed by atoms with Crippen molar-refractivity contribution in [1.82, 2.24) is 29.6 Å². The molecule has 1 amide bonds. The fraction of sp³-hybridized carbons (Fsp3) is 0.250. The van der Waals surface area contributed by atoms with E-state index >= 15 is 0 Å². The van der Waals surface area contributed by atoms with Crippen LogP contribution in [0.2, 0.25) is 0 Å². The van der Waals surface area contributed by atoms with Crippen molar-refractivity contribution < 1.29 is 18.0 Å². The fourth-order valence-corrected chi connectivity index (χ4v) is 3.90. The molecule has 5 rings (SSSR count). The summed E-state index contributed by atoms with van der Waals surface area (Å²) in [5.41, 5.74) is 1.87. The standard InChI is InChI=1S/C20H16F3N7O/c1-10-18-14(12-3-5-13(6-4-12)20(21,22)23)9-17(31)24-19(18)30(27-10)16-8-7-15-26-25-11(2)29(15)28-16/h3-8,14H,9H2,1-2H3,(H,24,31). The van der Waals surface area contributed by atoms with Gasteiger partial charge in [0.2, 0.25) is 5.91 Å². The Hall–Kier alpha value is -3.76. The molecule has 3 aromatic heterocycles. The maximum Gasteiger partial charge on any atom is 0.416 e. The number of halogens is 3. The van der Waals surface area contributed by atoms with Crippen LogP contribution in [0.15, 0.2) is 36.4 Å². The van der Waals surface area contributed by atoms with Gasteiger partial charge in [0, 0.05) is 17.9 Å². The number of hydrogen-bond acceptors (Lipinski definition) is 5. The molecule has 0 saturated carbocycles. The topological polar surface area (TPSA) is 90.0 Å². The van der Waals surface area contributed by atoms with Crippen LogP contribution in [0.5, 0.6) is 0 Å². The normalized spacial score (nSPS) is 16.4. The highest BCUT2D eigenvalue weighted by atomic mass is 19.4. The zero-order valence-corrected chi connectivity index (χ0v) is 16.5. The number of nitrogens with zero attached hydrogens (tertiary/aromatic N) is 6. The van der Waals surface area contributed by atoms with Gasteiger partial charge in [0.1, 0.15) is 5.82 Å². The highest BCUT2D eigenvalue weighted by Crippen LogP contribution is 2.40. The average molecular weight is 427 g/mol. The summed E-state index contributed by atoms with van der Waals surface area (Å²) in [6.45, 7) is 3.56. The van der Waals surface area contributed by atoms with Crippen LogP contribution in [0.4, 0.5) is 19.0 Å². The number of amides is 1. The van der Waals surface area contributed by atoms with Crippen LogP contribution in [-0.4, -0.2) is 35.5 Å². The molecule has 1 aliphatic heterocycles. The molecule has 0 aliphatic carbocycles. The Morgan fingerprint density at radius 1 is 1.03 bits per heavy atom. The van der Waals surface area contributed by atoms with Gasteiger partial charge in [-0.2, -0.15) is 27.5 Å². The molecule has 1 aromatic carbocycles. The summed E-state index contributed by atoms with van der Waals surface area (Å²) < 4.78 is 41.9. The lowest BCUT2D eigenvalue weighted by atomic mass is 9.85. The van der Waals surface area contributed by atoms with Crippen LogP contribution in [0.25, 0.3) is 11.5 Å². The largest absolute Gasteiger partial charge is 0.416 e. The summed E-state index contributed by atoms with van der Waals surface area (Å²) in [7, 11) is 0. The molecule has 4 aromatic rings. The quantitative estimate of drug-likeness (QED) is 0.530. The number of nitrogens with one attached hydrogen (secondary N) is 1. The molecule has 1 unspecified atom stereocenters. The lowest BCUT2D eigenvalue weighted by Crippen LogP contribution is -2.25. The van der Waals surface area contributed by atoms with E-state index in [-0.39, 0.29) is 12.3 Å². The predicted octanol–water partition coefficient (Wildman–Crippen LogP) is 3.42. The van der Waals surface area contributed by atoms with Crippen LogP contribution in [0, 0.1) is 13.8 Å². The monoisotopic (exact) mass is 427 g/mol. The second-order valence-electron chi connectivity index (χ2n) is 7.39. The zero-order valence-electron chi connectivity index (χ0n) is 16.5. The fourth-order valence-electron chi connectivity index (χ4n) is 3.90. The molecule has 0 saturated heterocycles. The Kier molecular flexibility index (Phi) is 4.11. The van der Waals surface area contributed by atoms with E-state index in [0.717, 1.165) is 17.7 Å². The van der Waals surface area contributed by atoms with Gasteiger partial charge >= 0.3 is 6.18 Å². The summed E-state index contributed by atoms with van der Waals surface area (Å²) in [6, 6.07) is 8.35. The van der Waals surface area contributed by atoms with Gasteiger partial charge in [-0.15, -0.1) is 15.3 Å². The molecular weight excluding hydrogens is 411 g/mol. The van der Waals surface area contributed by atoms with E-state index in [1.165, 1.54) is 16.8 Å². The summed E-state index contributed by atoms with van der Waals surface area (Å²) in [6.07, 6.45) is -4.30. The number of carbonyl (C=O) groups is 1. The average Bonchev–Trinajstić information content (AvgIpc) is 3.26. The first-order valence-electron chi connectivity index (χ1n) is 9.48. The molecule has 31 heavy (non-hydrogen) atoms. The summed E-state index contributed by atoms with van der Waals surface area (Å²) >= 11 is 0. The van der Waals surface area contributed by atoms with E-state index in [1.807, 2.05) is 0 Å². The second kappa shape index (κ2) is 6.62. The summed E-state index contributed by atoms with van der Waals surface area (Å²) in [4.78, 5) is 12.5. The van der Waals surface area contributed by atoms with Gasteiger partial charge in [-0.1, -0.05) is 12.1 Å². The molecule has 11 heteroatoms. The molecule has 1 N–H and O–H groups in total. The number of rotatable bonds is 2. The summed E-state index contributed by atoms with van der Waals surface area (Å²) in [5, 5.41) is 19.9. The van der Waals surface area contributed by atoms with Crippen molar-refractivity contribution in [1.29, 1.82) is 0 Å². The van der Waals surface area contributed by atoms with Crippen molar-refractivity contribution in [2.24, 2.45) is 0 Å². The van der Waals surface area contributed by atoms with E-state index in [0.29, 0.717) is 34.4 Å². The second-order valence-corrected chi connectivity index (χ2v) is 7.39. The van der Waals surface area contributed by atoms with Gasteiger partial charge in [0.05, 0.1) is 11.3 Å². The van der Waals surface area contributed by atoms with Gasteiger partial charge in [0.25, 0.3) is 0 Å². The van der Waals surface area contributed by atoms with E-state index in [9.17, 15) is 18.0 Å². The molecule has 0 radical (unpaired) electrons. The third kappa shape index (κ3) is 3.13. The molecule has 0 spiro atoms. The predicted molar refractivity (Wildman–Crippen MR) is 104 cm³/mol. The van der Waals surface area contributed by atoms with Crippen molar-refractivity contribution >= 4 is 17.4 Å². The number of carbonyl (C=O) groups excluding carboxylic acids is 1. The molecule has 1 atom stereocenters. The number of alkyl halides is 3.